The predicted octanol–water partition coefficient (Wildman–Crippen LogP) is 2.96. The van der Waals surface area contributed by atoms with Crippen molar-refractivity contribution in [3.63, 3.8) is 0 Å². The standard InChI is InChI=1S/C15H23FN2O2S/c1-3-11-5-4-6-12(8-11)18-21(19,20)15-9-14(17)10(2)7-13(15)16/h7,9,11-12,18H,3-6,8,17H2,1-2H3. The van der Waals surface area contributed by atoms with Crippen molar-refractivity contribution in [1.29, 1.82) is 0 Å². The summed E-state index contributed by atoms with van der Waals surface area (Å²) < 4.78 is 41.3. The van der Waals surface area contributed by atoms with Crippen molar-refractivity contribution in [3.05, 3.63) is 23.5 Å². The van der Waals surface area contributed by atoms with Crippen LogP contribution in [0.25, 0.3) is 0 Å². The van der Waals surface area contributed by atoms with Crippen molar-refractivity contribution < 1.29 is 12.8 Å². The van der Waals surface area contributed by atoms with E-state index in [0.29, 0.717) is 11.5 Å². The van der Waals surface area contributed by atoms with Gasteiger partial charge in [0, 0.05) is 11.7 Å². The molecule has 118 valence electrons. The molecule has 1 fully saturated rings. The molecule has 4 nitrogen and oxygen atoms in total. The lowest BCUT2D eigenvalue weighted by atomic mass is 9.85. The predicted molar refractivity (Wildman–Crippen MR) is 81.9 cm³/mol. The third-order valence-corrected chi connectivity index (χ3v) is 5.83. The second-order valence-corrected chi connectivity index (χ2v) is 7.58. The number of nitrogens with two attached hydrogens (primary N) is 1. The summed E-state index contributed by atoms with van der Waals surface area (Å²) in [5.74, 6) is -0.212. The first-order valence-electron chi connectivity index (χ1n) is 7.41. The van der Waals surface area contributed by atoms with E-state index in [9.17, 15) is 12.8 Å². The topological polar surface area (TPSA) is 72.2 Å². The van der Waals surface area contributed by atoms with Crippen molar-refractivity contribution >= 4 is 15.7 Å². The lowest BCUT2D eigenvalue weighted by Crippen LogP contribution is -2.38. The van der Waals surface area contributed by atoms with Gasteiger partial charge in [-0.1, -0.05) is 26.2 Å². The third kappa shape index (κ3) is 3.74. The molecule has 1 aliphatic carbocycles. The van der Waals surface area contributed by atoms with E-state index in [1.165, 1.54) is 12.1 Å². The molecule has 1 aliphatic rings. The molecule has 0 spiro atoms. The van der Waals surface area contributed by atoms with Gasteiger partial charge >= 0.3 is 0 Å². The summed E-state index contributed by atoms with van der Waals surface area (Å²) in [6.45, 7) is 3.76. The zero-order chi connectivity index (χ0) is 15.6. The molecule has 0 aliphatic heterocycles. The number of nitrogen functional groups attached to an aromatic ring is 1. The maximum absolute atomic E-state index is 13.9. The van der Waals surface area contributed by atoms with E-state index >= 15 is 0 Å². The number of hydrogen-bond acceptors (Lipinski definition) is 3. The summed E-state index contributed by atoms with van der Waals surface area (Å²) in [6.07, 6.45) is 4.81. The highest BCUT2D eigenvalue weighted by molar-refractivity contribution is 7.89. The SMILES string of the molecule is CCC1CCCC(NS(=O)(=O)c2cc(N)c(C)cc2F)C1. The van der Waals surface area contributed by atoms with E-state index in [4.69, 9.17) is 5.73 Å². The summed E-state index contributed by atoms with van der Waals surface area (Å²) in [5, 5.41) is 0. The molecule has 6 heteroatoms. The van der Waals surface area contributed by atoms with Gasteiger partial charge in [-0.05, 0) is 43.4 Å². The fourth-order valence-corrected chi connectivity index (χ4v) is 4.30. The molecule has 0 aromatic heterocycles. The van der Waals surface area contributed by atoms with Crippen LogP contribution in [0.15, 0.2) is 17.0 Å². The van der Waals surface area contributed by atoms with Crippen LogP contribution in [-0.2, 0) is 10.0 Å². The summed E-state index contributed by atoms with van der Waals surface area (Å²) in [6, 6.07) is 2.25. The van der Waals surface area contributed by atoms with Crippen molar-refractivity contribution in [2.45, 2.75) is 56.9 Å². The largest absolute Gasteiger partial charge is 0.398 e. The lowest BCUT2D eigenvalue weighted by Gasteiger charge is -2.29. The number of benzene rings is 1. The quantitative estimate of drug-likeness (QED) is 0.839. The molecular weight excluding hydrogens is 291 g/mol. The van der Waals surface area contributed by atoms with Gasteiger partial charge in [0.25, 0.3) is 0 Å². The van der Waals surface area contributed by atoms with Gasteiger partial charge in [-0.3, -0.25) is 0 Å². The highest BCUT2D eigenvalue weighted by Crippen LogP contribution is 2.28. The Morgan fingerprint density at radius 1 is 1.38 bits per heavy atom. The van der Waals surface area contributed by atoms with E-state index in [0.717, 1.165) is 32.1 Å². The molecule has 21 heavy (non-hydrogen) atoms. The van der Waals surface area contributed by atoms with Gasteiger partial charge in [-0.25, -0.2) is 17.5 Å². The average Bonchev–Trinajstić information content (AvgIpc) is 2.42. The summed E-state index contributed by atoms with van der Waals surface area (Å²) in [5.41, 5.74) is 6.53. The monoisotopic (exact) mass is 314 g/mol. The molecule has 3 N–H and O–H groups in total. The van der Waals surface area contributed by atoms with Crippen LogP contribution in [0, 0.1) is 18.7 Å². The molecule has 0 heterocycles. The molecule has 0 saturated heterocycles. The number of halogens is 1. The van der Waals surface area contributed by atoms with Crippen LogP contribution >= 0.6 is 0 Å². The van der Waals surface area contributed by atoms with Gasteiger partial charge in [0.2, 0.25) is 10.0 Å². The number of anilines is 1. The Bertz CT molecular complexity index is 616. The Morgan fingerprint density at radius 2 is 2.10 bits per heavy atom. The third-order valence-electron chi connectivity index (χ3n) is 4.29. The molecular formula is C15H23FN2O2S. The molecule has 0 radical (unpaired) electrons. The number of hydrogen-bond donors (Lipinski definition) is 2. The number of nitrogens with one attached hydrogen (secondary N) is 1. The van der Waals surface area contributed by atoms with E-state index in [1.807, 2.05) is 0 Å². The first-order chi connectivity index (χ1) is 9.83. The van der Waals surface area contributed by atoms with Crippen LogP contribution in [0.1, 0.15) is 44.6 Å². The second kappa shape index (κ2) is 6.32. The maximum atomic E-state index is 13.9. The number of aryl methyl sites for hydroxylation is 1. The van der Waals surface area contributed by atoms with Gasteiger partial charge in [0.1, 0.15) is 10.7 Å². The Kier molecular flexibility index (Phi) is 4.88. The Labute approximate surface area is 126 Å². The van der Waals surface area contributed by atoms with E-state index < -0.39 is 15.8 Å². The van der Waals surface area contributed by atoms with Crippen LogP contribution in [-0.4, -0.2) is 14.5 Å². The van der Waals surface area contributed by atoms with Crippen LogP contribution in [0.4, 0.5) is 10.1 Å². The average molecular weight is 314 g/mol. The lowest BCUT2D eigenvalue weighted by molar-refractivity contribution is 0.301. The molecule has 0 bridgehead atoms. The smallest absolute Gasteiger partial charge is 0.243 e. The van der Waals surface area contributed by atoms with E-state index in [-0.39, 0.29) is 16.6 Å². The van der Waals surface area contributed by atoms with Crippen molar-refractivity contribution in [2.75, 3.05) is 5.73 Å². The number of sulfonamides is 1. The molecule has 1 aromatic rings. The highest BCUT2D eigenvalue weighted by Gasteiger charge is 2.27. The van der Waals surface area contributed by atoms with Crippen molar-refractivity contribution in [2.24, 2.45) is 5.92 Å². The molecule has 2 rings (SSSR count). The van der Waals surface area contributed by atoms with Crippen molar-refractivity contribution in [3.8, 4) is 0 Å². The minimum atomic E-state index is -3.87. The van der Waals surface area contributed by atoms with Gasteiger partial charge in [-0.15, -0.1) is 0 Å². The van der Waals surface area contributed by atoms with E-state index in [1.54, 1.807) is 6.92 Å². The normalized spacial score (nSPS) is 23.2. The molecule has 2 atom stereocenters. The Balaban J connectivity index is 2.20. The minimum absolute atomic E-state index is 0.115. The molecule has 1 aromatic carbocycles. The maximum Gasteiger partial charge on any atom is 0.243 e. The minimum Gasteiger partial charge on any atom is -0.398 e. The van der Waals surface area contributed by atoms with Crippen LogP contribution in [0.3, 0.4) is 0 Å². The van der Waals surface area contributed by atoms with Crippen LogP contribution < -0.4 is 10.5 Å². The van der Waals surface area contributed by atoms with E-state index in [2.05, 4.69) is 11.6 Å². The zero-order valence-electron chi connectivity index (χ0n) is 12.5. The fourth-order valence-electron chi connectivity index (χ4n) is 2.93. The van der Waals surface area contributed by atoms with Crippen LogP contribution in [0.5, 0.6) is 0 Å². The number of rotatable bonds is 4. The van der Waals surface area contributed by atoms with Crippen molar-refractivity contribution in [1.82, 2.24) is 4.72 Å². The summed E-state index contributed by atoms with van der Waals surface area (Å²) in [4.78, 5) is -0.357. The van der Waals surface area contributed by atoms with Gasteiger partial charge in [0.05, 0.1) is 0 Å². The zero-order valence-corrected chi connectivity index (χ0v) is 13.3. The fraction of sp³-hybridized carbons (Fsp3) is 0.600. The Morgan fingerprint density at radius 3 is 2.76 bits per heavy atom. The Hall–Kier alpha value is -1.14. The molecule has 1 saturated carbocycles. The second-order valence-electron chi connectivity index (χ2n) is 5.90. The molecule has 2 unspecified atom stereocenters. The first kappa shape index (κ1) is 16.2. The summed E-state index contributed by atoms with van der Waals surface area (Å²) >= 11 is 0. The van der Waals surface area contributed by atoms with Gasteiger partial charge in [-0.2, -0.15) is 0 Å². The van der Waals surface area contributed by atoms with Crippen LogP contribution in [0.2, 0.25) is 0 Å². The summed E-state index contributed by atoms with van der Waals surface area (Å²) in [7, 11) is -3.87. The first-order valence-corrected chi connectivity index (χ1v) is 8.89. The highest BCUT2D eigenvalue weighted by atomic mass is 32.2. The van der Waals surface area contributed by atoms with Gasteiger partial charge < -0.3 is 5.73 Å². The van der Waals surface area contributed by atoms with Gasteiger partial charge in [0.15, 0.2) is 0 Å². The molecule has 0 amide bonds.